The number of halogens is 1. The molecule has 0 spiro atoms. The van der Waals surface area contributed by atoms with Gasteiger partial charge in [-0.1, -0.05) is 6.07 Å². The number of aryl methyl sites for hydroxylation is 1. The van der Waals surface area contributed by atoms with Crippen molar-refractivity contribution < 1.29 is 12.3 Å². The van der Waals surface area contributed by atoms with Crippen LogP contribution in [0.4, 0.5) is 3.89 Å². The maximum absolute atomic E-state index is 12.7. The number of pyridine rings is 1. The van der Waals surface area contributed by atoms with Crippen molar-refractivity contribution in [3.63, 3.8) is 0 Å². The summed E-state index contributed by atoms with van der Waals surface area (Å²) < 4.78 is 34.0. The zero-order valence-electron chi connectivity index (χ0n) is 7.94. The lowest BCUT2D eigenvalue weighted by molar-refractivity contribution is 0.552. The zero-order chi connectivity index (χ0) is 11.1. The topological polar surface area (TPSA) is 47.0 Å². The summed E-state index contributed by atoms with van der Waals surface area (Å²) in [6.07, 6.45) is 0. The molecule has 78 valence electrons. The molecule has 0 amide bonds. The molecule has 1 aromatic carbocycles. The van der Waals surface area contributed by atoms with Gasteiger partial charge in [0, 0.05) is 11.1 Å². The third-order valence-electron chi connectivity index (χ3n) is 2.08. The van der Waals surface area contributed by atoms with E-state index in [1.54, 1.807) is 12.1 Å². The quantitative estimate of drug-likeness (QED) is 0.699. The first-order valence-corrected chi connectivity index (χ1v) is 5.67. The summed E-state index contributed by atoms with van der Waals surface area (Å²) in [5.41, 5.74) is 1.49. The van der Waals surface area contributed by atoms with Gasteiger partial charge in [-0.05, 0) is 31.2 Å². The summed E-state index contributed by atoms with van der Waals surface area (Å²) in [6.45, 7) is 1.83. The number of rotatable bonds is 1. The highest BCUT2D eigenvalue weighted by Crippen LogP contribution is 2.19. The molecule has 2 rings (SSSR count). The first kappa shape index (κ1) is 10.0. The number of hydrogen-bond acceptors (Lipinski definition) is 3. The molecule has 0 aliphatic heterocycles. The normalized spacial score (nSPS) is 11.9. The Bertz CT molecular complexity index is 622. The van der Waals surface area contributed by atoms with E-state index in [0.29, 0.717) is 10.9 Å². The van der Waals surface area contributed by atoms with Gasteiger partial charge in [-0.2, -0.15) is 8.42 Å². The highest BCUT2D eigenvalue weighted by Gasteiger charge is 2.11. The van der Waals surface area contributed by atoms with Crippen LogP contribution in [0.2, 0.25) is 0 Å². The van der Waals surface area contributed by atoms with Crippen molar-refractivity contribution in [2.45, 2.75) is 11.8 Å². The van der Waals surface area contributed by atoms with Crippen LogP contribution in [-0.2, 0) is 10.2 Å². The molecule has 5 heteroatoms. The Hall–Kier alpha value is -1.49. The van der Waals surface area contributed by atoms with Crippen LogP contribution in [0.1, 0.15) is 5.69 Å². The molecule has 0 aliphatic carbocycles. The summed E-state index contributed by atoms with van der Waals surface area (Å²) in [6, 6.07) is 7.44. The molecule has 1 heterocycles. The van der Waals surface area contributed by atoms with Crippen LogP contribution in [0.3, 0.4) is 0 Å². The number of fused-ring (bicyclic) bond motifs is 1. The Morgan fingerprint density at radius 3 is 2.60 bits per heavy atom. The van der Waals surface area contributed by atoms with Crippen LogP contribution >= 0.6 is 0 Å². The van der Waals surface area contributed by atoms with Gasteiger partial charge in [-0.3, -0.25) is 4.98 Å². The molecular weight excluding hydrogens is 217 g/mol. The Labute approximate surface area is 86.8 Å². The van der Waals surface area contributed by atoms with Gasteiger partial charge in [0.25, 0.3) is 0 Å². The molecular formula is C10H8FNO2S. The van der Waals surface area contributed by atoms with Crippen molar-refractivity contribution in [3.05, 3.63) is 36.0 Å². The summed E-state index contributed by atoms with van der Waals surface area (Å²) in [5.74, 6) is 0. The molecule has 0 bridgehead atoms. The van der Waals surface area contributed by atoms with Crippen molar-refractivity contribution in [2.24, 2.45) is 0 Å². The van der Waals surface area contributed by atoms with Crippen LogP contribution in [0.25, 0.3) is 10.9 Å². The smallest absolute Gasteiger partial charge is 0.253 e. The Kier molecular flexibility index (Phi) is 2.19. The average Bonchev–Trinajstić information content (AvgIpc) is 2.15. The lowest BCUT2D eigenvalue weighted by Crippen LogP contribution is -1.92. The van der Waals surface area contributed by atoms with E-state index in [1.165, 1.54) is 18.2 Å². The van der Waals surface area contributed by atoms with Crippen molar-refractivity contribution in [3.8, 4) is 0 Å². The summed E-state index contributed by atoms with van der Waals surface area (Å²) >= 11 is 0. The SMILES string of the molecule is Cc1ccc2cc(S(=O)(=O)F)ccc2n1. The second-order valence-electron chi connectivity index (χ2n) is 3.24. The van der Waals surface area contributed by atoms with Gasteiger partial charge in [0.15, 0.2) is 0 Å². The van der Waals surface area contributed by atoms with Crippen LogP contribution in [0.15, 0.2) is 35.2 Å². The zero-order valence-corrected chi connectivity index (χ0v) is 8.75. The third kappa shape index (κ3) is 1.97. The molecule has 15 heavy (non-hydrogen) atoms. The van der Waals surface area contributed by atoms with Crippen LogP contribution in [0.5, 0.6) is 0 Å². The fraction of sp³-hybridized carbons (Fsp3) is 0.100. The summed E-state index contributed by atoms with van der Waals surface area (Å²) in [4.78, 5) is 3.85. The largest absolute Gasteiger partial charge is 0.332 e. The van der Waals surface area contributed by atoms with E-state index >= 15 is 0 Å². The maximum Gasteiger partial charge on any atom is 0.332 e. The summed E-state index contributed by atoms with van der Waals surface area (Å²) in [7, 11) is -4.63. The predicted molar refractivity (Wildman–Crippen MR) is 54.8 cm³/mol. The van der Waals surface area contributed by atoms with Gasteiger partial charge in [0.2, 0.25) is 0 Å². The molecule has 0 unspecified atom stereocenters. The molecule has 0 atom stereocenters. The Morgan fingerprint density at radius 2 is 1.93 bits per heavy atom. The van der Waals surface area contributed by atoms with Crippen LogP contribution < -0.4 is 0 Å². The van der Waals surface area contributed by atoms with Gasteiger partial charge in [0.1, 0.15) is 0 Å². The second-order valence-corrected chi connectivity index (χ2v) is 4.59. The lowest BCUT2D eigenvalue weighted by atomic mass is 10.2. The molecule has 0 saturated carbocycles. The summed E-state index contributed by atoms with van der Waals surface area (Å²) in [5, 5.41) is 0.610. The highest BCUT2D eigenvalue weighted by molar-refractivity contribution is 7.86. The first-order chi connectivity index (χ1) is 6.97. The lowest BCUT2D eigenvalue weighted by Gasteiger charge is -2.00. The highest BCUT2D eigenvalue weighted by atomic mass is 32.3. The van der Waals surface area contributed by atoms with Crippen molar-refractivity contribution in [2.75, 3.05) is 0 Å². The van der Waals surface area contributed by atoms with Gasteiger partial charge in [-0.15, -0.1) is 3.89 Å². The maximum atomic E-state index is 12.7. The van der Waals surface area contributed by atoms with Gasteiger partial charge in [-0.25, -0.2) is 0 Å². The average molecular weight is 225 g/mol. The first-order valence-electron chi connectivity index (χ1n) is 4.29. The van der Waals surface area contributed by atoms with E-state index in [1.807, 2.05) is 6.92 Å². The van der Waals surface area contributed by atoms with E-state index < -0.39 is 10.2 Å². The fourth-order valence-corrected chi connectivity index (χ4v) is 1.86. The molecule has 0 fully saturated rings. The second kappa shape index (κ2) is 3.27. The predicted octanol–water partition coefficient (Wildman–Crippen LogP) is 2.20. The van der Waals surface area contributed by atoms with Crippen LogP contribution in [-0.4, -0.2) is 13.4 Å². The van der Waals surface area contributed by atoms with E-state index in [0.717, 1.165) is 5.69 Å². The fourth-order valence-electron chi connectivity index (χ4n) is 1.36. The molecule has 2 aromatic rings. The van der Waals surface area contributed by atoms with E-state index in [4.69, 9.17) is 0 Å². The van der Waals surface area contributed by atoms with E-state index in [9.17, 15) is 12.3 Å². The molecule has 0 saturated heterocycles. The minimum atomic E-state index is -4.63. The van der Waals surface area contributed by atoms with Crippen molar-refractivity contribution in [1.29, 1.82) is 0 Å². The van der Waals surface area contributed by atoms with Gasteiger partial charge in [0.05, 0.1) is 10.4 Å². The monoisotopic (exact) mass is 225 g/mol. The standard InChI is InChI=1S/C10H8FNO2S/c1-7-2-3-8-6-9(15(11,13)14)4-5-10(8)12-7/h2-6H,1H3. The molecule has 0 N–H and O–H groups in total. The number of benzene rings is 1. The van der Waals surface area contributed by atoms with E-state index in [2.05, 4.69) is 4.98 Å². The van der Waals surface area contributed by atoms with Crippen LogP contribution in [0, 0.1) is 6.92 Å². The van der Waals surface area contributed by atoms with E-state index in [-0.39, 0.29) is 4.90 Å². The molecule has 3 nitrogen and oxygen atoms in total. The molecule has 1 aromatic heterocycles. The van der Waals surface area contributed by atoms with Gasteiger partial charge >= 0.3 is 10.2 Å². The Morgan fingerprint density at radius 1 is 1.20 bits per heavy atom. The van der Waals surface area contributed by atoms with Crippen molar-refractivity contribution >= 4 is 21.1 Å². The Balaban J connectivity index is 2.73. The number of nitrogens with zero attached hydrogens (tertiary/aromatic N) is 1. The third-order valence-corrected chi connectivity index (χ3v) is 2.90. The molecule has 0 radical (unpaired) electrons. The molecule has 0 aliphatic rings. The van der Waals surface area contributed by atoms with Gasteiger partial charge < -0.3 is 0 Å². The number of aromatic nitrogens is 1. The van der Waals surface area contributed by atoms with Crippen molar-refractivity contribution in [1.82, 2.24) is 4.98 Å². The minimum absolute atomic E-state index is 0.333. The minimum Gasteiger partial charge on any atom is -0.253 e. The number of hydrogen-bond donors (Lipinski definition) is 0.